The topological polar surface area (TPSA) is 52.6 Å². The highest BCUT2D eigenvalue weighted by atomic mass is 79.9. The summed E-state index contributed by atoms with van der Waals surface area (Å²) in [6.45, 7) is 1.90. The van der Waals surface area contributed by atoms with E-state index < -0.39 is 5.97 Å². The average molecular weight is 380 g/mol. The monoisotopic (exact) mass is 378 g/mol. The van der Waals surface area contributed by atoms with Crippen LogP contribution in [0.3, 0.4) is 0 Å². The van der Waals surface area contributed by atoms with Crippen molar-refractivity contribution in [1.82, 2.24) is 0 Å². The molecule has 1 rings (SSSR count). The van der Waals surface area contributed by atoms with Crippen molar-refractivity contribution in [3.05, 3.63) is 28.2 Å². The van der Waals surface area contributed by atoms with Crippen LogP contribution in [-0.4, -0.2) is 30.3 Å². The molecule has 0 amide bonds. The Bertz CT molecular complexity index is 446. The third-order valence-electron chi connectivity index (χ3n) is 2.03. The van der Waals surface area contributed by atoms with E-state index in [0.29, 0.717) is 22.4 Å². The summed E-state index contributed by atoms with van der Waals surface area (Å²) in [6, 6.07) is 4.94. The summed E-state index contributed by atoms with van der Waals surface area (Å²) in [7, 11) is 0. The Labute approximate surface area is 122 Å². The highest BCUT2D eigenvalue weighted by Gasteiger charge is 2.09. The zero-order valence-electron chi connectivity index (χ0n) is 9.74. The lowest BCUT2D eigenvalue weighted by molar-refractivity contribution is -0.145. The van der Waals surface area contributed by atoms with E-state index in [0.717, 1.165) is 0 Å². The van der Waals surface area contributed by atoms with E-state index in [9.17, 15) is 9.59 Å². The lowest BCUT2D eigenvalue weighted by Crippen LogP contribution is -2.14. The highest BCUT2D eigenvalue weighted by molar-refractivity contribution is 9.10. The molecule has 4 nitrogen and oxygen atoms in total. The molecule has 0 bridgehead atoms. The zero-order valence-corrected chi connectivity index (χ0v) is 12.9. The molecule has 0 atom stereocenters. The quantitative estimate of drug-likeness (QED) is 0.433. The van der Waals surface area contributed by atoms with Gasteiger partial charge in [-0.25, -0.2) is 4.79 Å². The second-order valence-corrected chi connectivity index (χ2v) is 4.71. The molecule has 0 aromatic heterocycles. The van der Waals surface area contributed by atoms with Crippen LogP contribution >= 0.6 is 31.9 Å². The van der Waals surface area contributed by atoms with E-state index >= 15 is 0 Å². The molecule has 0 aliphatic heterocycles. The Morgan fingerprint density at radius 3 is 2.61 bits per heavy atom. The second-order valence-electron chi connectivity index (χ2n) is 3.30. The smallest absolute Gasteiger partial charge is 0.344 e. The first kappa shape index (κ1) is 15.2. The van der Waals surface area contributed by atoms with Gasteiger partial charge in [0.1, 0.15) is 5.75 Å². The van der Waals surface area contributed by atoms with E-state index in [-0.39, 0.29) is 17.7 Å². The molecule has 0 unspecified atom stereocenters. The van der Waals surface area contributed by atoms with E-state index in [1.54, 1.807) is 25.1 Å². The van der Waals surface area contributed by atoms with Crippen molar-refractivity contribution < 1.29 is 19.1 Å². The molecular formula is C12H12Br2O4. The van der Waals surface area contributed by atoms with Crippen molar-refractivity contribution in [2.75, 3.05) is 18.5 Å². The van der Waals surface area contributed by atoms with Gasteiger partial charge in [-0.2, -0.15) is 0 Å². The van der Waals surface area contributed by atoms with E-state index in [1.807, 2.05) is 0 Å². The van der Waals surface area contributed by atoms with Gasteiger partial charge < -0.3 is 9.47 Å². The van der Waals surface area contributed by atoms with Crippen molar-refractivity contribution in [3.63, 3.8) is 0 Å². The number of alkyl halides is 1. The predicted octanol–water partition coefficient (Wildman–Crippen LogP) is 2.97. The van der Waals surface area contributed by atoms with Crippen LogP contribution in [0.15, 0.2) is 22.7 Å². The number of hydrogen-bond donors (Lipinski definition) is 0. The molecule has 0 spiro atoms. The molecule has 0 N–H and O–H groups in total. The first-order valence-corrected chi connectivity index (χ1v) is 7.17. The van der Waals surface area contributed by atoms with Gasteiger partial charge in [-0.05, 0) is 41.1 Å². The van der Waals surface area contributed by atoms with Crippen molar-refractivity contribution in [2.45, 2.75) is 6.92 Å². The minimum absolute atomic E-state index is 0.0207. The minimum Gasteiger partial charge on any atom is -0.481 e. The van der Waals surface area contributed by atoms with Gasteiger partial charge in [0, 0.05) is 5.56 Å². The van der Waals surface area contributed by atoms with E-state index in [4.69, 9.17) is 9.47 Å². The minimum atomic E-state index is -0.426. The Balaban J connectivity index is 2.68. The van der Waals surface area contributed by atoms with Crippen LogP contribution in [0, 0.1) is 0 Å². The third-order valence-corrected chi connectivity index (χ3v) is 3.16. The number of ether oxygens (including phenoxy) is 2. The van der Waals surface area contributed by atoms with Gasteiger partial charge in [0.05, 0.1) is 16.4 Å². The molecule has 0 saturated heterocycles. The predicted molar refractivity (Wildman–Crippen MR) is 74.4 cm³/mol. The number of esters is 1. The number of rotatable bonds is 6. The van der Waals surface area contributed by atoms with Crippen molar-refractivity contribution in [1.29, 1.82) is 0 Å². The van der Waals surface area contributed by atoms with E-state index in [1.165, 1.54) is 0 Å². The number of carbonyl (C=O) groups excluding carboxylic acids is 2. The summed E-state index contributed by atoms with van der Waals surface area (Å²) < 4.78 is 10.6. The molecule has 0 aliphatic carbocycles. The standard InChI is InChI=1S/C12H12Br2O4/c1-2-17-12(16)7-18-11-4-3-8(5-9(11)14)10(15)6-13/h3-5H,2,6-7H2,1H3. The molecule has 98 valence electrons. The number of benzene rings is 1. The maximum Gasteiger partial charge on any atom is 0.344 e. The number of Topliss-reactive ketones (excluding diaryl/α,β-unsaturated/α-hetero) is 1. The molecule has 0 aliphatic rings. The van der Waals surface area contributed by atoms with Gasteiger partial charge in [-0.1, -0.05) is 15.9 Å². The lowest BCUT2D eigenvalue weighted by atomic mass is 10.1. The second kappa shape index (κ2) is 7.53. The van der Waals surface area contributed by atoms with Gasteiger partial charge in [-0.3, -0.25) is 4.79 Å². The van der Waals surface area contributed by atoms with Gasteiger partial charge in [0.15, 0.2) is 12.4 Å². The number of halogens is 2. The van der Waals surface area contributed by atoms with Gasteiger partial charge >= 0.3 is 5.97 Å². The summed E-state index contributed by atoms with van der Waals surface area (Å²) in [5.41, 5.74) is 0.572. The van der Waals surface area contributed by atoms with Crippen molar-refractivity contribution in [3.8, 4) is 5.75 Å². The normalized spacial score (nSPS) is 9.94. The highest BCUT2D eigenvalue weighted by Crippen LogP contribution is 2.26. The Morgan fingerprint density at radius 2 is 2.06 bits per heavy atom. The molecule has 1 aromatic rings. The van der Waals surface area contributed by atoms with Crippen LogP contribution in [0.2, 0.25) is 0 Å². The summed E-state index contributed by atoms with van der Waals surface area (Å²) in [4.78, 5) is 22.6. The van der Waals surface area contributed by atoms with Crippen molar-refractivity contribution >= 4 is 43.6 Å². The summed E-state index contributed by atoms with van der Waals surface area (Å²) in [6.07, 6.45) is 0. The number of carbonyl (C=O) groups is 2. The van der Waals surface area contributed by atoms with Gasteiger partial charge in [0.2, 0.25) is 0 Å². The van der Waals surface area contributed by atoms with Crippen molar-refractivity contribution in [2.24, 2.45) is 0 Å². The number of ketones is 1. The Hall–Kier alpha value is -0.880. The molecule has 1 aromatic carbocycles. The molecule has 0 fully saturated rings. The fraction of sp³-hybridized carbons (Fsp3) is 0.333. The summed E-state index contributed by atoms with van der Waals surface area (Å²) in [5.74, 6) is 0.0480. The van der Waals surface area contributed by atoms with Crippen LogP contribution in [0.25, 0.3) is 0 Å². The fourth-order valence-electron chi connectivity index (χ4n) is 1.21. The van der Waals surface area contributed by atoms with E-state index in [2.05, 4.69) is 31.9 Å². The molecule has 18 heavy (non-hydrogen) atoms. The summed E-state index contributed by atoms with van der Waals surface area (Å²) in [5, 5.41) is 0.266. The largest absolute Gasteiger partial charge is 0.481 e. The van der Waals surface area contributed by atoms with Crippen LogP contribution in [0.5, 0.6) is 5.75 Å². The molecular weight excluding hydrogens is 368 g/mol. The first-order valence-electron chi connectivity index (χ1n) is 5.25. The maximum atomic E-state index is 11.4. The Morgan fingerprint density at radius 1 is 1.33 bits per heavy atom. The van der Waals surface area contributed by atoms with Crippen LogP contribution in [-0.2, 0) is 9.53 Å². The first-order chi connectivity index (χ1) is 8.58. The van der Waals surface area contributed by atoms with Crippen LogP contribution in [0.1, 0.15) is 17.3 Å². The maximum absolute atomic E-state index is 11.4. The lowest BCUT2D eigenvalue weighted by Gasteiger charge is -2.08. The van der Waals surface area contributed by atoms with Crippen LogP contribution < -0.4 is 4.74 Å². The number of hydrogen-bond acceptors (Lipinski definition) is 4. The summed E-state index contributed by atoms with van der Waals surface area (Å²) >= 11 is 6.39. The van der Waals surface area contributed by atoms with Gasteiger partial charge in [-0.15, -0.1) is 0 Å². The molecule has 6 heteroatoms. The fourth-order valence-corrected chi connectivity index (χ4v) is 2.02. The molecule has 0 heterocycles. The van der Waals surface area contributed by atoms with Crippen LogP contribution in [0.4, 0.5) is 0 Å². The zero-order chi connectivity index (χ0) is 13.5. The average Bonchev–Trinajstić information content (AvgIpc) is 2.36. The molecule has 0 radical (unpaired) electrons. The third kappa shape index (κ3) is 4.42. The Kier molecular flexibility index (Phi) is 6.35. The molecule has 0 saturated carbocycles. The SMILES string of the molecule is CCOC(=O)COc1ccc(C(=O)CBr)cc1Br. The van der Waals surface area contributed by atoms with Gasteiger partial charge in [0.25, 0.3) is 0 Å².